The largest absolute Gasteiger partial charge is 0.328 e. The molecule has 4 nitrogen and oxygen atoms in total. The Morgan fingerprint density at radius 1 is 1.21 bits per heavy atom. The van der Waals surface area contributed by atoms with Gasteiger partial charge >= 0.3 is 5.69 Å². The Hall–Kier alpha value is -2.43. The zero-order valence-corrected chi connectivity index (χ0v) is 14.9. The Balaban J connectivity index is 2.60. The smallest absolute Gasteiger partial charge is 0.300 e. The average Bonchev–Trinajstić information content (AvgIpc) is 2.55. The molecule has 0 unspecified atom stereocenters. The minimum atomic E-state index is -0.272. The summed E-state index contributed by atoms with van der Waals surface area (Å²) in [5.41, 5.74) is 1.67. The summed E-state index contributed by atoms with van der Waals surface area (Å²) in [5, 5.41) is 0. The molecular formula is C19H24FN3O. The first-order chi connectivity index (χ1) is 11.2. The first-order valence-electron chi connectivity index (χ1n) is 7.90. The van der Waals surface area contributed by atoms with Gasteiger partial charge in [-0.2, -0.15) is 0 Å². The lowest BCUT2D eigenvalue weighted by atomic mass is 9.97. The van der Waals surface area contributed by atoms with E-state index in [0.29, 0.717) is 23.4 Å². The lowest BCUT2D eigenvalue weighted by Crippen LogP contribution is -2.30. The van der Waals surface area contributed by atoms with Crippen LogP contribution < -0.4 is 5.69 Å². The summed E-state index contributed by atoms with van der Waals surface area (Å²) in [4.78, 5) is 16.8. The van der Waals surface area contributed by atoms with Gasteiger partial charge < -0.3 is 4.57 Å². The van der Waals surface area contributed by atoms with Gasteiger partial charge in [-0.25, -0.2) is 14.2 Å². The summed E-state index contributed by atoms with van der Waals surface area (Å²) in [6, 6.07) is 8.55. The third-order valence-corrected chi connectivity index (χ3v) is 3.55. The third-order valence-electron chi connectivity index (χ3n) is 3.55. The van der Waals surface area contributed by atoms with Gasteiger partial charge in [-0.3, -0.25) is 4.57 Å². The van der Waals surface area contributed by atoms with Crippen LogP contribution in [0, 0.1) is 18.2 Å². The first-order valence-corrected chi connectivity index (χ1v) is 7.90. The lowest BCUT2D eigenvalue weighted by molar-refractivity contribution is 0.333. The number of nitrogens with zero attached hydrogens (tertiary/aromatic N) is 3. The summed E-state index contributed by atoms with van der Waals surface area (Å²) in [6.07, 6.45) is 3.21. The van der Waals surface area contributed by atoms with E-state index in [1.54, 1.807) is 42.9 Å². The molecule has 0 fully saturated rings. The highest BCUT2D eigenvalue weighted by Crippen LogP contribution is 2.19. The molecule has 2 rings (SSSR count). The van der Waals surface area contributed by atoms with Crippen LogP contribution >= 0.6 is 0 Å². The molecule has 0 saturated heterocycles. The highest BCUT2D eigenvalue weighted by atomic mass is 19.1. The van der Waals surface area contributed by atoms with Crippen molar-refractivity contribution in [2.45, 2.75) is 34.2 Å². The van der Waals surface area contributed by atoms with Crippen LogP contribution in [0.4, 0.5) is 4.39 Å². The molecule has 5 heteroatoms. The van der Waals surface area contributed by atoms with Crippen molar-refractivity contribution in [3.8, 4) is 11.3 Å². The summed E-state index contributed by atoms with van der Waals surface area (Å²) in [5.74, 6) is -0.272. The normalized spacial score (nSPS) is 11.2. The van der Waals surface area contributed by atoms with Crippen LogP contribution in [0.1, 0.15) is 26.3 Å². The van der Waals surface area contributed by atoms with Crippen LogP contribution in [0.15, 0.2) is 47.7 Å². The fourth-order valence-corrected chi connectivity index (χ4v) is 2.30. The molecule has 0 spiro atoms. The molecule has 0 aliphatic heterocycles. The minimum absolute atomic E-state index is 0.0291. The van der Waals surface area contributed by atoms with Crippen LogP contribution in [0.2, 0.25) is 0 Å². The van der Waals surface area contributed by atoms with Crippen molar-refractivity contribution < 1.29 is 4.39 Å². The van der Waals surface area contributed by atoms with Gasteiger partial charge in [-0.15, -0.1) is 0 Å². The maximum atomic E-state index is 13.8. The SMILES string of the molecule is Cc1ccc(-c2cccn(CC(C)(C)C)c(=O)n(C)cn2)cc1F. The monoisotopic (exact) mass is 329 g/mol. The molecule has 128 valence electrons. The minimum Gasteiger partial charge on any atom is -0.300 e. The lowest BCUT2D eigenvalue weighted by Gasteiger charge is -2.18. The predicted octanol–water partition coefficient (Wildman–Crippen LogP) is 3.87. The van der Waals surface area contributed by atoms with E-state index in [9.17, 15) is 9.18 Å². The van der Waals surface area contributed by atoms with Gasteiger partial charge in [0.2, 0.25) is 0 Å². The van der Waals surface area contributed by atoms with E-state index in [1.807, 2.05) is 6.07 Å². The molecule has 0 aliphatic carbocycles. The Labute approximate surface area is 141 Å². The van der Waals surface area contributed by atoms with Crippen LogP contribution in [0.25, 0.3) is 11.3 Å². The van der Waals surface area contributed by atoms with Crippen molar-refractivity contribution in [2.24, 2.45) is 12.5 Å². The Morgan fingerprint density at radius 3 is 2.54 bits per heavy atom. The number of hydrogen-bond acceptors (Lipinski definition) is 2. The second-order valence-electron chi connectivity index (χ2n) is 7.18. The van der Waals surface area contributed by atoms with Crippen molar-refractivity contribution in [2.75, 3.05) is 0 Å². The Bertz CT molecular complexity index is 842. The number of rotatable bonds is 2. The van der Waals surface area contributed by atoms with Gasteiger partial charge in [-0.1, -0.05) is 32.9 Å². The molecule has 0 radical (unpaired) electrons. The quantitative estimate of drug-likeness (QED) is 0.839. The average molecular weight is 329 g/mol. The third kappa shape index (κ3) is 4.54. The fraction of sp³-hybridized carbons (Fsp3) is 0.368. The van der Waals surface area contributed by atoms with Crippen molar-refractivity contribution >= 4 is 0 Å². The molecule has 0 bridgehead atoms. The van der Waals surface area contributed by atoms with E-state index in [-0.39, 0.29) is 16.9 Å². The van der Waals surface area contributed by atoms with E-state index in [2.05, 4.69) is 25.8 Å². The number of halogens is 1. The molecule has 0 aliphatic rings. The van der Waals surface area contributed by atoms with Crippen LogP contribution in [0.3, 0.4) is 0 Å². The van der Waals surface area contributed by atoms with Gasteiger partial charge in [0.1, 0.15) is 5.82 Å². The van der Waals surface area contributed by atoms with E-state index in [4.69, 9.17) is 0 Å². The summed E-state index contributed by atoms with van der Waals surface area (Å²) >= 11 is 0. The first kappa shape index (κ1) is 17.9. The number of aryl methyl sites for hydroxylation is 2. The maximum Gasteiger partial charge on any atom is 0.328 e. The Morgan fingerprint density at radius 2 is 1.92 bits per heavy atom. The molecule has 0 atom stereocenters. The molecule has 2 aromatic rings. The van der Waals surface area contributed by atoms with Crippen LogP contribution in [-0.4, -0.2) is 14.1 Å². The van der Waals surface area contributed by atoms with E-state index >= 15 is 0 Å². The van der Waals surface area contributed by atoms with E-state index < -0.39 is 0 Å². The molecule has 1 aromatic heterocycles. The highest BCUT2D eigenvalue weighted by molar-refractivity contribution is 5.58. The molecule has 0 N–H and O–H groups in total. The van der Waals surface area contributed by atoms with Gasteiger partial charge in [0.15, 0.2) is 0 Å². The van der Waals surface area contributed by atoms with Gasteiger partial charge in [0, 0.05) is 25.4 Å². The van der Waals surface area contributed by atoms with Crippen molar-refractivity contribution in [1.82, 2.24) is 14.1 Å². The van der Waals surface area contributed by atoms with Crippen molar-refractivity contribution in [3.63, 3.8) is 0 Å². The molecule has 0 amide bonds. The van der Waals surface area contributed by atoms with E-state index in [1.165, 1.54) is 17.0 Å². The molecule has 1 aromatic carbocycles. The highest BCUT2D eigenvalue weighted by Gasteiger charge is 2.11. The van der Waals surface area contributed by atoms with Crippen LogP contribution in [0.5, 0.6) is 0 Å². The van der Waals surface area contributed by atoms with Crippen molar-refractivity contribution in [3.05, 3.63) is 64.7 Å². The second kappa shape index (κ2) is 6.99. The summed E-state index contributed by atoms with van der Waals surface area (Å²) in [6.45, 7) is 8.53. The van der Waals surface area contributed by atoms with E-state index in [0.717, 1.165) is 0 Å². The molecular weight excluding hydrogens is 305 g/mol. The van der Waals surface area contributed by atoms with Gasteiger partial charge in [0.25, 0.3) is 0 Å². The van der Waals surface area contributed by atoms with Gasteiger partial charge in [0.05, 0.1) is 12.0 Å². The van der Waals surface area contributed by atoms with Gasteiger partial charge in [-0.05, 0) is 36.1 Å². The summed E-state index contributed by atoms with van der Waals surface area (Å²) in [7, 11) is 1.66. The second-order valence-corrected chi connectivity index (χ2v) is 7.18. The zero-order valence-electron chi connectivity index (χ0n) is 14.9. The topological polar surface area (TPSA) is 39.8 Å². The zero-order chi connectivity index (χ0) is 17.9. The Kier molecular flexibility index (Phi) is 5.22. The maximum absolute atomic E-state index is 13.8. The summed E-state index contributed by atoms with van der Waals surface area (Å²) < 4.78 is 16.9. The number of hydrogen-bond donors (Lipinski definition) is 0. The molecule has 0 saturated carbocycles. The van der Waals surface area contributed by atoms with Crippen LogP contribution in [-0.2, 0) is 13.6 Å². The number of aromatic nitrogens is 3. The molecule has 1 heterocycles. The number of benzene rings is 1. The van der Waals surface area contributed by atoms with Crippen molar-refractivity contribution in [1.29, 1.82) is 0 Å². The predicted molar refractivity (Wildman–Crippen MR) is 94.7 cm³/mol. The standard InChI is InChI=1S/C19H24FN3O/c1-14-8-9-15(11-16(14)20)17-7-6-10-23(12-19(2,3)4)18(24)22(5)13-21-17/h6-11,13H,12H2,1-5H3. The fourth-order valence-electron chi connectivity index (χ4n) is 2.30. The molecule has 24 heavy (non-hydrogen) atoms.